The van der Waals surface area contributed by atoms with E-state index in [0.717, 1.165) is 25.4 Å². The predicted molar refractivity (Wildman–Crippen MR) is 113 cm³/mol. The van der Waals surface area contributed by atoms with Crippen LogP contribution in [0.3, 0.4) is 0 Å². The van der Waals surface area contributed by atoms with Crippen molar-refractivity contribution in [2.45, 2.75) is 0 Å². The third-order valence-corrected chi connectivity index (χ3v) is 5.36. The molecule has 1 amide bonds. The Balaban J connectivity index is 1.29. The van der Waals surface area contributed by atoms with E-state index in [1.54, 1.807) is 41.4 Å². The van der Waals surface area contributed by atoms with Crippen molar-refractivity contribution in [2.24, 2.45) is 0 Å². The number of nitrogens with zero attached hydrogens (tertiary/aromatic N) is 4. The first-order valence-corrected chi connectivity index (χ1v) is 10.2. The lowest BCUT2D eigenvalue weighted by Crippen LogP contribution is -2.49. The molecule has 1 aliphatic heterocycles. The molecule has 0 atom stereocenters. The molecule has 8 heteroatoms. The average molecular weight is 429 g/mol. The van der Waals surface area contributed by atoms with Crippen LogP contribution in [0.25, 0.3) is 5.69 Å². The summed E-state index contributed by atoms with van der Waals surface area (Å²) >= 11 is 5.88. The van der Waals surface area contributed by atoms with E-state index in [4.69, 9.17) is 16.3 Å². The summed E-state index contributed by atoms with van der Waals surface area (Å²) < 4.78 is 20.6. The first kappa shape index (κ1) is 20.4. The van der Waals surface area contributed by atoms with Crippen LogP contribution in [0.2, 0.25) is 5.02 Å². The van der Waals surface area contributed by atoms with Gasteiger partial charge in [-0.2, -0.15) is 0 Å². The van der Waals surface area contributed by atoms with E-state index in [1.165, 1.54) is 12.1 Å². The van der Waals surface area contributed by atoms with Gasteiger partial charge in [0.05, 0.1) is 12.5 Å². The van der Waals surface area contributed by atoms with Crippen LogP contribution in [0, 0.1) is 5.82 Å². The minimum atomic E-state index is -0.317. The monoisotopic (exact) mass is 428 g/mol. The maximum Gasteiger partial charge on any atom is 0.272 e. The number of imidazole rings is 1. The lowest BCUT2D eigenvalue weighted by Gasteiger charge is -2.34. The van der Waals surface area contributed by atoms with Gasteiger partial charge < -0.3 is 9.64 Å². The molecule has 0 unspecified atom stereocenters. The van der Waals surface area contributed by atoms with Gasteiger partial charge in [0.25, 0.3) is 5.91 Å². The van der Waals surface area contributed by atoms with Crippen LogP contribution in [0.15, 0.2) is 61.1 Å². The Morgan fingerprint density at radius 1 is 1.03 bits per heavy atom. The van der Waals surface area contributed by atoms with E-state index >= 15 is 0 Å². The Kier molecular flexibility index (Phi) is 6.30. The standard InChI is InChI=1S/C22H22ClFN4O2/c23-17-1-7-20(8-2-17)30-14-13-26-9-11-27(12-10-26)22(29)21-15-25-16-28(21)19-5-3-18(24)4-6-19/h1-8,15-16H,9-14H2. The third kappa shape index (κ3) is 4.80. The molecule has 3 aromatic rings. The predicted octanol–water partition coefficient (Wildman–Crippen LogP) is 3.50. The zero-order valence-electron chi connectivity index (χ0n) is 16.4. The molecule has 0 bridgehead atoms. The molecule has 1 fully saturated rings. The summed E-state index contributed by atoms with van der Waals surface area (Å²) in [4.78, 5) is 21.2. The van der Waals surface area contributed by atoms with Crippen LogP contribution >= 0.6 is 11.6 Å². The molecule has 2 heterocycles. The summed E-state index contributed by atoms with van der Waals surface area (Å²) in [6, 6.07) is 13.3. The van der Waals surface area contributed by atoms with Crippen molar-refractivity contribution in [3.8, 4) is 11.4 Å². The van der Waals surface area contributed by atoms with Crippen LogP contribution in [0.5, 0.6) is 5.75 Å². The number of hydrogen-bond acceptors (Lipinski definition) is 4. The first-order chi connectivity index (χ1) is 14.6. The topological polar surface area (TPSA) is 50.6 Å². The molecule has 1 aliphatic rings. The third-order valence-electron chi connectivity index (χ3n) is 5.11. The van der Waals surface area contributed by atoms with Crippen molar-refractivity contribution < 1.29 is 13.9 Å². The molecule has 4 rings (SSSR count). The Hall–Kier alpha value is -2.90. The van der Waals surface area contributed by atoms with Gasteiger partial charge >= 0.3 is 0 Å². The van der Waals surface area contributed by atoms with E-state index in [1.807, 2.05) is 17.0 Å². The second kappa shape index (κ2) is 9.28. The summed E-state index contributed by atoms with van der Waals surface area (Å²) in [6.07, 6.45) is 3.13. The van der Waals surface area contributed by atoms with E-state index in [9.17, 15) is 9.18 Å². The molecule has 2 aromatic carbocycles. The summed E-state index contributed by atoms with van der Waals surface area (Å²) in [5.74, 6) is 0.402. The number of carbonyl (C=O) groups excluding carboxylic acids is 1. The van der Waals surface area contributed by atoms with Gasteiger partial charge in [-0.3, -0.25) is 14.3 Å². The van der Waals surface area contributed by atoms with Crippen molar-refractivity contribution in [1.29, 1.82) is 0 Å². The Labute approximate surface area is 179 Å². The molecule has 1 saturated heterocycles. The van der Waals surface area contributed by atoms with Gasteiger partial charge in [0, 0.05) is 43.4 Å². The number of hydrogen-bond donors (Lipinski definition) is 0. The minimum absolute atomic E-state index is 0.0751. The lowest BCUT2D eigenvalue weighted by atomic mass is 10.2. The van der Waals surface area contributed by atoms with Gasteiger partial charge in [0.2, 0.25) is 0 Å². The fraction of sp³-hybridized carbons (Fsp3) is 0.273. The number of halogens is 2. The highest BCUT2D eigenvalue weighted by Crippen LogP contribution is 2.17. The fourth-order valence-electron chi connectivity index (χ4n) is 3.42. The van der Waals surface area contributed by atoms with E-state index < -0.39 is 0 Å². The zero-order chi connectivity index (χ0) is 20.9. The van der Waals surface area contributed by atoms with Gasteiger partial charge in [-0.05, 0) is 48.5 Å². The smallest absolute Gasteiger partial charge is 0.272 e. The molecule has 6 nitrogen and oxygen atoms in total. The number of piperazine rings is 1. The molecular weight excluding hydrogens is 407 g/mol. The SMILES string of the molecule is O=C(c1cncn1-c1ccc(F)cc1)N1CCN(CCOc2ccc(Cl)cc2)CC1. The van der Waals surface area contributed by atoms with Crippen LogP contribution in [0.4, 0.5) is 4.39 Å². The number of ether oxygens (including phenoxy) is 1. The highest BCUT2D eigenvalue weighted by molar-refractivity contribution is 6.30. The zero-order valence-corrected chi connectivity index (χ0v) is 17.1. The number of aromatic nitrogens is 2. The highest BCUT2D eigenvalue weighted by Gasteiger charge is 2.24. The summed E-state index contributed by atoms with van der Waals surface area (Å²) in [5, 5.41) is 0.684. The molecule has 0 spiro atoms. The summed E-state index contributed by atoms with van der Waals surface area (Å²) in [5.41, 5.74) is 1.18. The van der Waals surface area contributed by atoms with Crippen molar-refractivity contribution in [2.75, 3.05) is 39.3 Å². The minimum Gasteiger partial charge on any atom is -0.492 e. The second-order valence-corrected chi connectivity index (χ2v) is 7.50. The van der Waals surface area contributed by atoms with Crippen molar-refractivity contribution in [1.82, 2.24) is 19.4 Å². The van der Waals surface area contributed by atoms with Gasteiger partial charge in [-0.1, -0.05) is 11.6 Å². The van der Waals surface area contributed by atoms with Crippen LogP contribution in [-0.4, -0.2) is 64.6 Å². The highest BCUT2D eigenvalue weighted by atomic mass is 35.5. The van der Waals surface area contributed by atoms with Crippen molar-refractivity contribution in [3.63, 3.8) is 0 Å². The Morgan fingerprint density at radius 2 is 1.73 bits per heavy atom. The van der Waals surface area contributed by atoms with Crippen LogP contribution in [0.1, 0.15) is 10.5 Å². The van der Waals surface area contributed by atoms with Crippen molar-refractivity contribution in [3.05, 3.63) is 77.6 Å². The van der Waals surface area contributed by atoms with Crippen LogP contribution < -0.4 is 4.74 Å². The molecule has 0 saturated carbocycles. The number of benzene rings is 2. The number of rotatable bonds is 6. The van der Waals surface area contributed by atoms with Gasteiger partial charge in [-0.25, -0.2) is 9.37 Å². The lowest BCUT2D eigenvalue weighted by molar-refractivity contribution is 0.0612. The maximum atomic E-state index is 13.2. The fourth-order valence-corrected chi connectivity index (χ4v) is 3.55. The van der Waals surface area contributed by atoms with E-state index in [0.29, 0.717) is 36.1 Å². The largest absolute Gasteiger partial charge is 0.492 e. The molecule has 1 aromatic heterocycles. The van der Waals surface area contributed by atoms with E-state index in [-0.39, 0.29) is 11.7 Å². The average Bonchev–Trinajstić information content (AvgIpc) is 3.25. The van der Waals surface area contributed by atoms with Crippen molar-refractivity contribution >= 4 is 17.5 Å². The quantitative estimate of drug-likeness (QED) is 0.603. The van der Waals surface area contributed by atoms with Gasteiger partial charge in [0.1, 0.15) is 23.9 Å². The normalized spacial score (nSPS) is 14.7. The molecular formula is C22H22ClFN4O2. The second-order valence-electron chi connectivity index (χ2n) is 7.06. The van der Waals surface area contributed by atoms with Gasteiger partial charge in [0.15, 0.2) is 0 Å². The first-order valence-electron chi connectivity index (χ1n) is 9.78. The van der Waals surface area contributed by atoms with Gasteiger partial charge in [-0.15, -0.1) is 0 Å². The molecule has 0 radical (unpaired) electrons. The Morgan fingerprint density at radius 3 is 2.43 bits per heavy atom. The molecule has 0 aliphatic carbocycles. The Bertz CT molecular complexity index is 983. The van der Waals surface area contributed by atoms with E-state index in [2.05, 4.69) is 9.88 Å². The summed E-state index contributed by atoms with van der Waals surface area (Å²) in [6.45, 7) is 4.19. The molecule has 0 N–H and O–H groups in total. The maximum absolute atomic E-state index is 13.2. The number of amides is 1. The molecule has 156 valence electrons. The summed E-state index contributed by atoms with van der Waals surface area (Å²) in [7, 11) is 0. The van der Waals surface area contributed by atoms with Crippen LogP contribution in [-0.2, 0) is 0 Å². The number of carbonyl (C=O) groups is 1. The molecule has 30 heavy (non-hydrogen) atoms.